The number of para-hydroxylation sites is 1. The number of carbonyl (C=O) groups excluding carboxylic acids is 1. The first-order valence-corrected chi connectivity index (χ1v) is 10.4. The summed E-state index contributed by atoms with van der Waals surface area (Å²) in [5.41, 5.74) is 0.899. The Bertz CT molecular complexity index is 790. The zero-order valence-corrected chi connectivity index (χ0v) is 15.6. The molecule has 1 aliphatic carbocycles. The van der Waals surface area contributed by atoms with Crippen LogP contribution in [0.3, 0.4) is 0 Å². The number of hydrogen-bond acceptors (Lipinski definition) is 4. The molecule has 1 aliphatic heterocycles. The molecule has 5 heteroatoms. The summed E-state index contributed by atoms with van der Waals surface area (Å²) >= 11 is 3.16. The second-order valence-corrected chi connectivity index (χ2v) is 8.31. The Hall–Kier alpha value is -1.85. The lowest BCUT2D eigenvalue weighted by Gasteiger charge is -2.30. The van der Waals surface area contributed by atoms with Crippen LogP contribution in [0.15, 0.2) is 57.7 Å². The molecule has 4 rings (SSSR count). The lowest BCUT2D eigenvalue weighted by molar-refractivity contribution is -0.124. The van der Waals surface area contributed by atoms with Crippen molar-refractivity contribution in [3.05, 3.63) is 57.6 Å². The molecule has 0 radical (unpaired) electrons. The number of hydrogen-bond donors (Lipinski definition) is 0. The number of nitrogens with zero attached hydrogens (tertiary/aromatic N) is 2. The summed E-state index contributed by atoms with van der Waals surface area (Å²) in [6.07, 6.45) is 7.82. The number of aliphatic imine (C=N–C) groups is 1. The Kier molecular flexibility index (Phi) is 5.04. The third-order valence-corrected chi connectivity index (χ3v) is 6.38. The predicted molar refractivity (Wildman–Crippen MR) is 107 cm³/mol. The first-order valence-electron chi connectivity index (χ1n) is 8.71. The largest absolute Gasteiger partial charge is 0.283 e. The zero-order chi connectivity index (χ0) is 17.1. The van der Waals surface area contributed by atoms with Gasteiger partial charge in [0.15, 0.2) is 5.17 Å². The molecule has 25 heavy (non-hydrogen) atoms. The highest BCUT2D eigenvalue weighted by molar-refractivity contribution is 8.18. The van der Waals surface area contributed by atoms with E-state index < -0.39 is 0 Å². The van der Waals surface area contributed by atoms with E-state index in [1.807, 2.05) is 58.8 Å². The van der Waals surface area contributed by atoms with E-state index in [9.17, 15) is 4.79 Å². The highest BCUT2D eigenvalue weighted by Gasteiger charge is 2.38. The summed E-state index contributed by atoms with van der Waals surface area (Å²) in [4.78, 5) is 21.7. The Morgan fingerprint density at radius 1 is 1.04 bits per heavy atom. The van der Waals surface area contributed by atoms with Gasteiger partial charge in [0.2, 0.25) is 0 Å². The van der Waals surface area contributed by atoms with Crippen molar-refractivity contribution in [1.82, 2.24) is 4.90 Å². The van der Waals surface area contributed by atoms with Crippen molar-refractivity contribution < 1.29 is 4.79 Å². The van der Waals surface area contributed by atoms with Crippen LogP contribution in [-0.2, 0) is 4.79 Å². The van der Waals surface area contributed by atoms with E-state index in [-0.39, 0.29) is 11.9 Å². The molecule has 0 atom stereocenters. The van der Waals surface area contributed by atoms with E-state index in [1.165, 1.54) is 31.0 Å². The summed E-state index contributed by atoms with van der Waals surface area (Å²) in [7, 11) is 0. The number of thioether (sulfide) groups is 1. The summed E-state index contributed by atoms with van der Waals surface area (Å²) in [5, 5.41) is 2.86. The maximum atomic E-state index is 13.1. The molecule has 128 valence electrons. The first-order chi connectivity index (χ1) is 12.3. The minimum absolute atomic E-state index is 0.111. The van der Waals surface area contributed by atoms with Gasteiger partial charge >= 0.3 is 0 Å². The fourth-order valence-corrected chi connectivity index (χ4v) is 5.12. The Morgan fingerprint density at radius 3 is 2.56 bits per heavy atom. The summed E-state index contributed by atoms with van der Waals surface area (Å²) in [6.45, 7) is 0. The van der Waals surface area contributed by atoms with Crippen LogP contribution in [0.2, 0.25) is 0 Å². The van der Waals surface area contributed by atoms with E-state index in [2.05, 4.69) is 0 Å². The molecule has 1 amide bonds. The van der Waals surface area contributed by atoms with Crippen LogP contribution in [0.5, 0.6) is 0 Å². The number of carbonyl (C=O) groups is 1. The van der Waals surface area contributed by atoms with Gasteiger partial charge in [0.05, 0.1) is 10.6 Å². The van der Waals surface area contributed by atoms with Gasteiger partial charge in [-0.1, -0.05) is 43.5 Å². The summed E-state index contributed by atoms with van der Waals surface area (Å²) < 4.78 is 0. The quantitative estimate of drug-likeness (QED) is 0.653. The average Bonchev–Trinajstić information content (AvgIpc) is 3.26. The topological polar surface area (TPSA) is 32.7 Å². The van der Waals surface area contributed by atoms with Crippen molar-refractivity contribution in [1.29, 1.82) is 0 Å². The number of rotatable bonds is 3. The molecule has 0 bridgehead atoms. The highest BCUT2D eigenvalue weighted by Crippen LogP contribution is 2.38. The van der Waals surface area contributed by atoms with E-state index in [0.29, 0.717) is 0 Å². The van der Waals surface area contributed by atoms with Gasteiger partial charge in [-0.3, -0.25) is 9.69 Å². The second-order valence-electron chi connectivity index (χ2n) is 6.32. The minimum Gasteiger partial charge on any atom is -0.283 e. The van der Waals surface area contributed by atoms with Crippen LogP contribution >= 0.6 is 23.1 Å². The van der Waals surface area contributed by atoms with Crippen LogP contribution in [-0.4, -0.2) is 22.0 Å². The van der Waals surface area contributed by atoms with Crippen LogP contribution in [0.4, 0.5) is 5.69 Å². The second kappa shape index (κ2) is 7.58. The molecule has 2 aliphatic rings. The van der Waals surface area contributed by atoms with Gasteiger partial charge in [-0.2, -0.15) is 0 Å². The molecule has 0 spiro atoms. The van der Waals surface area contributed by atoms with E-state index in [1.54, 1.807) is 11.3 Å². The Balaban J connectivity index is 1.69. The zero-order valence-electron chi connectivity index (χ0n) is 13.9. The van der Waals surface area contributed by atoms with Gasteiger partial charge in [0.25, 0.3) is 5.91 Å². The van der Waals surface area contributed by atoms with Crippen molar-refractivity contribution in [2.24, 2.45) is 4.99 Å². The van der Waals surface area contributed by atoms with Crippen molar-refractivity contribution >= 4 is 45.9 Å². The fourth-order valence-electron chi connectivity index (χ4n) is 3.34. The number of amidine groups is 1. The smallest absolute Gasteiger partial charge is 0.267 e. The Labute approximate surface area is 156 Å². The lowest BCUT2D eigenvalue weighted by atomic mass is 9.94. The molecular weight excluding hydrogens is 348 g/mol. The first kappa shape index (κ1) is 16.6. The Morgan fingerprint density at radius 2 is 1.84 bits per heavy atom. The fraction of sp³-hybridized carbons (Fsp3) is 0.300. The highest BCUT2D eigenvalue weighted by atomic mass is 32.2. The standard InChI is InChI=1S/C20H20N2OS2/c23-19-18(14-17-12-7-13-24-17)25-20(21-15-8-3-1-4-9-15)22(19)16-10-5-2-6-11-16/h1,3-4,7-9,12-14,16H,2,5-6,10-11H2. The SMILES string of the molecule is O=C1C(=Cc2cccs2)SC(=Nc2ccccc2)N1C1CCCCC1. The minimum atomic E-state index is 0.111. The molecule has 2 heterocycles. The van der Waals surface area contributed by atoms with Crippen molar-refractivity contribution in [2.45, 2.75) is 38.1 Å². The van der Waals surface area contributed by atoms with Crippen molar-refractivity contribution in [2.75, 3.05) is 0 Å². The lowest BCUT2D eigenvalue weighted by Crippen LogP contribution is -2.40. The maximum absolute atomic E-state index is 13.1. The molecule has 1 saturated heterocycles. The molecule has 2 fully saturated rings. The van der Waals surface area contributed by atoms with Gasteiger partial charge in [-0.15, -0.1) is 11.3 Å². The third kappa shape index (κ3) is 3.72. The number of thiophene rings is 1. The average molecular weight is 369 g/mol. The van der Waals surface area contributed by atoms with Gasteiger partial charge in [-0.25, -0.2) is 4.99 Å². The van der Waals surface area contributed by atoms with Crippen molar-refractivity contribution in [3.63, 3.8) is 0 Å². The molecular formula is C20H20N2OS2. The molecule has 1 aromatic carbocycles. The summed E-state index contributed by atoms with van der Waals surface area (Å²) in [5.74, 6) is 0.111. The molecule has 3 nitrogen and oxygen atoms in total. The van der Waals surface area contributed by atoms with Crippen LogP contribution in [0.1, 0.15) is 37.0 Å². The monoisotopic (exact) mass is 368 g/mol. The normalized spacial score (nSPS) is 22.2. The molecule has 0 N–H and O–H groups in total. The third-order valence-electron chi connectivity index (χ3n) is 4.57. The molecule has 0 unspecified atom stereocenters. The van der Waals surface area contributed by atoms with Gasteiger partial charge in [0, 0.05) is 10.9 Å². The van der Waals surface area contributed by atoms with Crippen LogP contribution in [0, 0.1) is 0 Å². The van der Waals surface area contributed by atoms with Crippen molar-refractivity contribution in [3.8, 4) is 0 Å². The van der Waals surface area contributed by atoms with Gasteiger partial charge in [-0.05, 0) is 54.3 Å². The summed E-state index contributed by atoms with van der Waals surface area (Å²) in [6, 6.07) is 14.3. The van der Waals surface area contributed by atoms with E-state index in [4.69, 9.17) is 4.99 Å². The van der Waals surface area contributed by atoms with E-state index >= 15 is 0 Å². The van der Waals surface area contributed by atoms with Gasteiger partial charge in [0.1, 0.15) is 0 Å². The van der Waals surface area contributed by atoms with Crippen LogP contribution < -0.4 is 0 Å². The maximum Gasteiger partial charge on any atom is 0.267 e. The number of benzene rings is 1. The molecule has 2 aromatic rings. The van der Waals surface area contributed by atoms with Gasteiger partial charge < -0.3 is 0 Å². The molecule has 1 saturated carbocycles. The van der Waals surface area contributed by atoms with Crippen LogP contribution in [0.25, 0.3) is 6.08 Å². The van der Waals surface area contributed by atoms with E-state index in [0.717, 1.165) is 33.5 Å². The predicted octanol–water partition coefficient (Wildman–Crippen LogP) is 5.68. The number of amides is 1. The molecule has 1 aromatic heterocycles.